The van der Waals surface area contributed by atoms with Crippen molar-refractivity contribution >= 4 is 34.9 Å². The number of anilines is 1. The van der Waals surface area contributed by atoms with Crippen LogP contribution in [-0.2, 0) is 14.3 Å². The molecule has 6 heteroatoms. The van der Waals surface area contributed by atoms with Crippen molar-refractivity contribution in [2.75, 3.05) is 11.4 Å². The normalized spacial score (nSPS) is 17.5. The van der Waals surface area contributed by atoms with E-state index in [4.69, 9.17) is 16.3 Å². The molecule has 0 spiro atoms. The molecular formula is C22H22ClNO4. The Bertz CT molecular complexity index is 923. The smallest absolute Gasteiger partial charge is 0.312 e. The summed E-state index contributed by atoms with van der Waals surface area (Å²) in [4.78, 5) is 39.0. The largest absolute Gasteiger partial charge is 0.454 e. The fraction of sp³-hybridized carbons (Fsp3) is 0.318. The van der Waals surface area contributed by atoms with Gasteiger partial charge in [-0.2, -0.15) is 0 Å². The Labute approximate surface area is 169 Å². The molecule has 1 aliphatic heterocycles. The number of amides is 1. The van der Waals surface area contributed by atoms with E-state index < -0.39 is 18.0 Å². The lowest BCUT2D eigenvalue weighted by molar-refractivity contribution is -0.151. The SMILES string of the molecule is Cc1ccc(C(=O)[C@@H](C)OC(=O)[C@@H]2CC(=O)N(c3cccc(Cl)c3C)C2)cc1. The number of ketones is 1. The maximum atomic E-state index is 12.5. The molecule has 1 amide bonds. The maximum Gasteiger partial charge on any atom is 0.312 e. The summed E-state index contributed by atoms with van der Waals surface area (Å²) in [6, 6.07) is 12.4. The lowest BCUT2D eigenvalue weighted by Gasteiger charge is -2.20. The van der Waals surface area contributed by atoms with Gasteiger partial charge < -0.3 is 9.64 Å². The molecule has 0 bridgehead atoms. The average Bonchev–Trinajstić information content (AvgIpc) is 3.05. The van der Waals surface area contributed by atoms with Crippen LogP contribution >= 0.6 is 11.6 Å². The third kappa shape index (κ3) is 4.09. The van der Waals surface area contributed by atoms with E-state index in [0.717, 1.165) is 11.1 Å². The molecule has 1 fully saturated rings. The minimum absolute atomic E-state index is 0.0518. The molecule has 2 atom stereocenters. The topological polar surface area (TPSA) is 63.7 Å². The molecule has 0 N–H and O–H groups in total. The maximum absolute atomic E-state index is 12.5. The summed E-state index contributed by atoms with van der Waals surface area (Å²) >= 11 is 6.14. The number of aryl methyl sites for hydroxylation is 1. The van der Waals surface area contributed by atoms with Gasteiger partial charge in [-0.05, 0) is 38.5 Å². The lowest BCUT2D eigenvalue weighted by Crippen LogP contribution is -2.30. The fourth-order valence-electron chi connectivity index (χ4n) is 3.26. The van der Waals surface area contributed by atoms with Crippen LogP contribution in [-0.4, -0.2) is 30.3 Å². The first kappa shape index (κ1) is 20.1. The molecule has 0 aliphatic carbocycles. The number of nitrogens with zero attached hydrogens (tertiary/aromatic N) is 1. The molecule has 1 heterocycles. The van der Waals surface area contributed by atoms with E-state index in [9.17, 15) is 14.4 Å². The average molecular weight is 400 g/mol. The second-order valence-corrected chi connectivity index (χ2v) is 7.51. The minimum atomic E-state index is -0.910. The van der Waals surface area contributed by atoms with E-state index in [1.807, 2.05) is 26.0 Å². The van der Waals surface area contributed by atoms with Crippen molar-refractivity contribution in [3.63, 3.8) is 0 Å². The predicted octanol–water partition coefficient (Wildman–Crippen LogP) is 4.12. The molecule has 1 saturated heterocycles. The molecule has 1 aliphatic rings. The van der Waals surface area contributed by atoms with Gasteiger partial charge in [0.2, 0.25) is 11.7 Å². The fourth-order valence-corrected chi connectivity index (χ4v) is 3.43. The highest BCUT2D eigenvalue weighted by Gasteiger charge is 2.38. The minimum Gasteiger partial charge on any atom is -0.454 e. The number of hydrogen-bond acceptors (Lipinski definition) is 4. The van der Waals surface area contributed by atoms with E-state index in [1.54, 1.807) is 42.2 Å². The van der Waals surface area contributed by atoms with E-state index in [2.05, 4.69) is 0 Å². The number of hydrogen-bond donors (Lipinski definition) is 0. The molecule has 0 saturated carbocycles. The zero-order chi connectivity index (χ0) is 20.4. The highest BCUT2D eigenvalue weighted by Crippen LogP contribution is 2.32. The second kappa shape index (κ2) is 8.15. The summed E-state index contributed by atoms with van der Waals surface area (Å²) in [5.74, 6) is -1.58. The Balaban J connectivity index is 1.66. The van der Waals surface area contributed by atoms with E-state index >= 15 is 0 Å². The first-order valence-electron chi connectivity index (χ1n) is 9.14. The molecule has 146 valence electrons. The third-order valence-corrected chi connectivity index (χ3v) is 5.40. The number of rotatable bonds is 5. The summed E-state index contributed by atoms with van der Waals surface area (Å²) in [5.41, 5.74) is 3.01. The number of esters is 1. The summed E-state index contributed by atoms with van der Waals surface area (Å²) in [5, 5.41) is 0.564. The molecule has 0 aromatic heterocycles. The Morgan fingerprint density at radius 3 is 2.50 bits per heavy atom. The molecule has 2 aromatic rings. The molecule has 5 nitrogen and oxygen atoms in total. The highest BCUT2D eigenvalue weighted by molar-refractivity contribution is 6.31. The van der Waals surface area contributed by atoms with Crippen LogP contribution in [0.1, 0.15) is 34.8 Å². The Morgan fingerprint density at radius 2 is 1.82 bits per heavy atom. The summed E-state index contributed by atoms with van der Waals surface area (Å²) in [7, 11) is 0. The predicted molar refractivity (Wildman–Crippen MR) is 108 cm³/mol. The molecular weight excluding hydrogens is 378 g/mol. The molecule has 2 aromatic carbocycles. The number of halogens is 1. The van der Waals surface area contributed by atoms with Crippen molar-refractivity contribution in [3.05, 3.63) is 64.2 Å². The van der Waals surface area contributed by atoms with Crippen molar-refractivity contribution in [1.29, 1.82) is 0 Å². The Kier molecular flexibility index (Phi) is 5.84. The van der Waals surface area contributed by atoms with Gasteiger partial charge in [-0.15, -0.1) is 0 Å². The van der Waals surface area contributed by atoms with Crippen molar-refractivity contribution in [3.8, 4) is 0 Å². The highest BCUT2D eigenvalue weighted by atomic mass is 35.5. The van der Waals surface area contributed by atoms with Crippen LogP contribution in [0.25, 0.3) is 0 Å². The van der Waals surface area contributed by atoms with E-state index in [0.29, 0.717) is 16.3 Å². The van der Waals surface area contributed by atoms with Crippen LogP contribution in [0.2, 0.25) is 5.02 Å². The molecule has 0 unspecified atom stereocenters. The monoisotopic (exact) mass is 399 g/mol. The van der Waals surface area contributed by atoms with Crippen LogP contribution in [0.3, 0.4) is 0 Å². The number of benzene rings is 2. The van der Waals surface area contributed by atoms with E-state index in [1.165, 1.54) is 0 Å². The van der Waals surface area contributed by atoms with Crippen LogP contribution in [0.4, 0.5) is 5.69 Å². The van der Waals surface area contributed by atoms with Gasteiger partial charge in [0.15, 0.2) is 6.10 Å². The van der Waals surface area contributed by atoms with Gasteiger partial charge in [0.25, 0.3) is 0 Å². The van der Waals surface area contributed by atoms with Crippen LogP contribution < -0.4 is 4.90 Å². The summed E-state index contributed by atoms with van der Waals surface area (Å²) in [6.45, 7) is 5.53. The van der Waals surface area contributed by atoms with Crippen molar-refractivity contribution < 1.29 is 19.1 Å². The number of carbonyl (C=O) groups excluding carboxylic acids is 3. The molecule has 0 radical (unpaired) electrons. The van der Waals surface area contributed by atoms with Gasteiger partial charge in [0.1, 0.15) is 0 Å². The second-order valence-electron chi connectivity index (χ2n) is 7.10. The van der Waals surface area contributed by atoms with Gasteiger partial charge >= 0.3 is 5.97 Å². The summed E-state index contributed by atoms with van der Waals surface area (Å²) < 4.78 is 5.37. The number of carbonyl (C=O) groups is 3. The van der Waals surface area contributed by atoms with Crippen molar-refractivity contribution in [1.82, 2.24) is 0 Å². The van der Waals surface area contributed by atoms with Crippen molar-refractivity contribution in [2.24, 2.45) is 5.92 Å². The first-order valence-corrected chi connectivity index (χ1v) is 9.52. The quantitative estimate of drug-likeness (QED) is 0.560. The number of Topliss-reactive ketones (excluding diaryl/α,β-unsaturated/α-hetero) is 1. The first-order chi connectivity index (χ1) is 13.3. The van der Waals surface area contributed by atoms with Crippen LogP contribution in [0.5, 0.6) is 0 Å². The number of ether oxygens (including phenoxy) is 1. The van der Waals surface area contributed by atoms with Gasteiger partial charge in [-0.25, -0.2) is 0 Å². The third-order valence-electron chi connectivity index (χ3n) is 4.99. The Morgan fingerprint density at radius 1 is 1.14 bits per heavy atom. The van der Waals surface area contributed by atoms with Gasteiger partial charge in [0.05, 0.1) is 5.92 Å². The lowest BCUT2D eigenvalue weighted by atomic mass is 10.1. The molecule has 3 rings (SSSR count). The van der Waals surface area contributed by atoms with E-state index in [-0.39, 0.29) is 24.7 Å². The van der Waals surface area contributed by atoms with Gasteiger partial charge in [-0.1, -0.05) is 47.5 Å². The van der Waals surface area contributed by atoms with Crippen LogP contribution in [0.15, 0.2) is 42.5 Å². The van der Waals surface area contributed by atoms with Crippen molar-refractivity contribution in [2.45, 2.75) is 33.3 Å². The van der Waals surface area contributed by atoms with Crippen LogP contribution in [0, 0.1) is 19.8 Å². The zero-order valence-corrected chi connectivity index (χ0v) is 16.8. The standard InChI is InChI=1S/C22H22ClNO4/c1-13-7-9-16(10-8-13)21(26)15(3)28-22(27)17-11-20(25)24(12-17)19-6-4-5-18(23)14(19)2/h4-10,15,17H,11-12H2,1-3H3/t15-,17-/m1/s1. The van der Waals surface area contributed by atoms with Gasteiger partial charge in [0, 0.05) is 29.2 Å². The zero-order valence-electron chi connectivity index (χ0n) is 16.1. The summed E-state index contributed by atoms with van der Waals surface area (Å²) in [6.07, 6.45) is -0.858. The Hall–Kier alpha value is -2.66. The van der Waals surface area contributed by atoms with Gasteiger partial charge in [-0.3, -0.25) is 14.4 Å². The molecule has 28 heavy (non-hydrogen) atoms.